The number of rotatable bonds is 3. The van der Waals surface area contributed by atoms with E-state index in [1.807, 2.05) is 32.0 Å². The Hall–Kier alpha value is -2.96. The van der Waals surface area contributed by atoms with E-state index in [0.29, 0.717) is 11.9 Å². The van der Waals surface area contributed by atoms with Gasteiger partial charge in [0.2, 0.25) is 5.91 Å². The lowest BCUT2D eigenvalue weighted by Crippen LogP contribution is -2.72. The lowest BCUT2D eigenvalue weighted by atomic mass is 10.3. The highest BCUT2D eigenvalue weighted by molar-refractivity contribution is 5.90. The molecule has 0 saturated carbocycles. The van der Waals surface area contributed by atoms with E-state index < -0.39 is 0 Å². The van der Waals surface area contributed by atoms with Crippen LogP contribution in [-0.2, 0) is 4.79 Å². The molecule has 0 saturated heterocycles. The molecule has 0 bridgehead atoms. The predicted octanol–water partition coefficient (Wildman–Crippen LogP) is 0.191. The van der Waals surface area contributed by atoms with E-state index in [1.165, 1.54) is 6.92 Å². The van der Waals surface area contributed by atoms with Crippen LogP contribution in [0.3, 0.4) is 0 Å². The average molecular weight is 299 g/mol. The molecule has 1 aromatic carbocycles. The second-order valence-electron chi connectivity index (χ2n) is 4.90. The van der Waals surface area contributed by atoms with Crippen molar-refractivity contribution in [3.8, 4) is 0 Å². The topological polar surface area (TPSA) is 107 Å². The Labute approximate surface area is 128 Å². The number of nitrogens with one attached hydrogen (secondary N) is 3. The average Bonchev–Trinajstić information content (AvgIpc) is 2.39. The van der Waals surface area contributed by atoms with Gasteiger partial charge in [-0.2, -0.15) is 0 Å². The minimum Gasteiger partial charge on any atom is -0.326 e. The summed E-state index contributed by atoms with van der Waals surface area (Å²) in [6, 6.07) is 9.06. The molecule has 0 unspecified atom stereocenters. The van der Waals surface area contributed by atoms with E-state index in [0.717, 1.165) is 22.8 Å². The van der Waals surface area contributed by atoms with Crippen LogP contribution in [0.15, 0.2) is 30.3 Å². The van der Waals surface area contributed by atoms with E-state index >= 15 is 0 Å². The van der Waals surface area contributed by atoms with Crippen LogP contribution >= 0.6 is 0 Å². The molecule has 0 atom stereocenters. The molecule has 1 aromatic heterocycles. The Morgan fingerprint density at radius 2 is 1.55 bits per heavy atom. The normalized spacial score (nSPS) is 11.1. The summed E-state index contributed by atoms with van der Waals surface area (Å²) < 4.78 is 0. The van der Waals surface area contributed by atoms with Gasteiger partial charge < -0.3 is 11.1 Å². The maximum absolute atomic E-state index is 11.0. The minimum absolute atomic E-state index is 0.111. The van der Waals surface area contributed by atoms with Crippen LogP contribution < -0.4 is 21.4 Å². The van der Waals surface area contributed by atoms with Crippen molar-refractivity contribution in [3.05, 3.63) is 41.7 Å². The summed E-state index contributed by atoms with van der Waals surface area (Å²) in [5.74, 6) is 0.648. The molecule has 7 nitrogen and oxygen atoms in total. The second kappa shape index (κ2) is 6.66. The van der Waals surface area contributed by atoms with Gasteiger partial charge in [-0.15, -0.1) is 9.97 Å². The molecule has 7 heteroatoms. The summed E-state index contributed by atoms with van der Waals surface area (Å²) in [5, 5.41) is 5.70. The van der Waals surface area contributed by atoms with Crippen LogP contribution in [0.2, 0.25) is 0 Å². The number of nitrogens with two attached hydrogens (primary N) is 1. The molecule has 0 aliphatic carbocycles. The molecule has 22 heavy (non-hydrogen) atoms. The van der Waals surface area contributed by atoms with Crippen LogP contribution in [0.5, 0.6) is 0 Å². The maximum atomic E-state index is 11.0. The fourth-order valence-corrected chi connectivity index (χ4v) is 1.93. The van der Waals surface area contributed by atoms with Gasteiger partial charge >= 0.3 is 5.95 Å². The van der Waals surface area contributed by atoms with E-state index in [-0.39, 0.29) is 5.91 Å². The number of carbonyl (C=O) groups excluding carboxylic acids is 1. The minimum atomic E-state index is -0.111. The van der Waals surface area contributed by atoms with Gasteiger partial charge in [0.25, 0.3) is 5.96 Å². The van der Waals surface area contributed by atoms with Gasteiger partial charge in [-0.25, -0.2) is 4.99 Å². The van der Waals surface area contributed by atoms with Crippen LogP contribution in [0.25, 0.3) is 0 Å². The third-order valence-corrected chi connectivity index (χ3v) is 2.71. The number of carbonyl (C=O) groups is 1. The third-order valence-electron chi connectivity index (χ3n) is 2.71. The van der Waals surface area contributed by atoms with Gasteiger partial charge in [0.15, 0.2) is 0 Å². The van der Waals surface area contributed by atoms with Crippen molar-refractivity contribution < 1.29 is 9.79 Å². The Balaban J connectivity index is 2.09. The SMILES string of the molecule is CC(=O)Nc1ccc(NC(N)=[NH+]c2nc(C)cc(C)n2)cc1. The Morgan fingerprint density at radius 3 is 2.05 bits per heavy atom. The van der Waals surface area contributed by atoms with Crippen LogP contribution in [0.1, 0.15) is 18.3 Å². The summed E-state index contributed by atoms with van der Waals surface area (Å²) in [5.41, 5.74) is 9.13. The highest BCUT2D eigenvalue weighted by atomic mass is 16.1. The highest BCUT2D eigenvalue weighted by Gasteiger charge is 2.05. The summed E-state index contributed by atoms with van der Waals surface area (Å²) in [6.07, 6.45) is 0. The first-order valence-corrected chi connectivity index (χ1v) is 6.79. The van der Waals surface area contributed by atoms with Gasteiger partial charge in [0, 0.05) is 18.7 Å². The number of amides is 1. The Bertz CT molecular complexity index is 688. The number of hydrogen-bond acceptors (Lipinski definition) is 3. The van der Waals surface area contributed by atoms with Crippen molar-refractivity contribution in [1.82, 2.24) is 9.97 Å². The Kier molecular flexibility index (Phi) is 4.67. The van der Waals surface area contributed by atoms with E-state index in [1.54, 1.807) is 12.1 Å². The highest BCUT2D eigenvalue weighted by Crippen LogP contribution is 2.12. The molecule has 2 aromatic rings. The quantitative estimate of drug-likeness (QED) is 0.478. The summed E-state index contributed by atoms with van der Waals surface area (Å²) >= 11 is 0. The molecule has 0 fully saturated rings. The molecule has 1 amide bonds. The molecular weight excluding hydrogens is 280 g/mol. The number of hydrogen-bond donors (Lipinski definition) is 4. The van der Waals surface area contributed by atoms with Gasteiger partial charge in [-0.05, 0) is 38.1 Å². The smallest absolute Gasteiger partial charge is 0.326 e. The van der Waals surface area contributed by atoms with Crippen LogP contribution in [0.4, 0.5) is 17.3 Å². The number of aromatic nitrogens is 2. The van der Waals surface area contributed by atoms with Gasteiger partial charge in [0.05, 0.1) is 17.1 Å². The lowest BCUT2D eigenvalue weighted by molar-refractivity contribution is -0.365. The molecule has 0 aliphatic rings. The number of anilines is 2. The number of aryl methyl sites for hydroxylation is 2. The Morgan fingerprint density at radius 1 is 1.05 bits per heavy atom. The van der Waals surface area contributed by atoms with Crippen molar-refractivity contribution in [2.45, 2.75) is 20.8 Å². The molecule has 0 radical (unpaired) electrons. The van der Waals surface area contributed by atoms with E-state index in [9.17, 15) is 4.79 Å². The molecule has 1 heterocycles. The zero-order valence-corrected chi connectivity index (χ0v) is 12.8. The fourth-order valence-electron chi connectivity index (χ4n) is 1.93. The summed E-state index contributed by atoms with van der Waals surface area (Å²) in [4.78, 5) is 22.4. The molecule has 0 spiro atoms. The zero-order valence-electron chi connectivity index (χ0n) is 12.8. The van der Waals surface area contributed by atoms with Crippen molar-refractivity contribution in [2.75, 3.05) is 10.6 Å². The van der Waals surface area contributed by atoms with Gasteiger partial charge in [-0.1, -0.05) is 0 Å². The zero-order chi connectivity index (χ0) is 16.1. The largest absolute Gasteiger partial charge is 0.354 e. The van der Waals surface area contributed by atoms with Crippen LogP contribution in [0, 0.1) is 13.8 Å². The van der Waals surface area contributed by atoms with Crippen LogP contribution in [-0.4, -0.2) is 21.8 Å². The predicted molar refractivity (Wildman–Crippen MR) is 85.7 cm³/mol. The number of benzene rings is 1. The van der Waals surface area contributed by atoms with E-state index in [2.05, 4.69) is 25.6 Å². The molecule has 114 valence electrons. The van der Waals surface area contributed by atoms with Gasteiger partial charge in [0.1, 0.15) is 0 Å². The molecule has 5 N–H and O–H groups in total. The first kappa shape index (κ1) is 15.4. The van der Waals surface area contributed by atoms with E-state index in [4.69, 9.17) is 5.73 Å². The summed E-state index contributed by atoms with van der Waals surface area (Å²) in [6.45, 7) is 5.25. The third kappa shape index (κ3) is 4.55. The summed E-state index contributed by atoms with van der Waals surface area (Å²) in [7, 11) is 0. The number of guanidine groups is 1. The second-order valence-corrected chi connectivity index (χ2v) is 4.90. The standard InChI is InChI=1S/C15H18N6O/c1-9-8-10(2)18-15(17-9)21-14(16)20-13-6-4-12(5-7-13)19-11(3)22/h4-8H,1-3H3,(H,19,22)(H3,16,17,18,20,21)/p+1. The van der Waals surface area contributed by atoms with Crippen molar-refractivity contribution >= 4 is 29.2 Å². The molecular formula is C15H19N6O+. The lowest BCUT2D eigenvalue weighted by Gasteiger charge is -2.04. The fraction of sp³-hybridized carbons (Fsp3) is 0.200. The van der Waals surface area contributed by atoms with Crippen molar-refractivity contribution in [2.24, 2.45) is 5.73 Å². The molecule has 2 rings (SSSR count). The monoisotopic (exact) mass is 299 g/mol. The first-order chi connectivity index (χ1) is 10.4. The number of nitrogens with zero attached hydrogens (tertiary/aromatic N) is 2. The molecule has 0 aliphatic heterocycles. The van der Waals surface area contributed by atoms with Gasteiger partial charge in [-0.3, -0.25) is 10.1 Å². The van der Waals surface area contributed by atoms with Crippen molar-refractivity contribution in [1.29, 1.82) is 0 Å². The first-order valence-electron chi connectivity index (χ1n) is 6.79. The maximum Gasteiger partial charge on any atom is 0.354 e. The van der Waals surface area contributed by atoms with Crippen molar-refractivity contribution in [3.63, 3.8) is 0 Å².